The number of aryl methyl sites for hydroxylation is 1. The normalized spacial score (nSPS) is 10.9. The first-order valence-corrected chi connectivity index (χ1v) is 8.31. The zero-order valence-electron chi connectivity index (χ0n) is 14.4. The summed E-state index contributed by atoms with van der Waals surface area (Å²) in [6.45, 7) is 0. The Morgan fingerprint density at radius 3 is 2.59 bits per heavy atom. The highest BCUT2D eigenvalue weighted by Gasteiger charge is 2.11. The molecule has 0 spiro atoms. The lowest BCUT2D eigenvalue weighted by atomic mass is 10.1. The molecule has 0 amide bonds. The van der Waals surface area contributed by atoms with Gasteiger partial charge in [-0.05, 0) is 30.3 Å². The number of rotatable bonds is 3. The van der Waals surface area contributed by atoms with Crippen LogP contribution >= 0.6 is 0 Å². The van der Waals surface area contributed by atoms with E-state index in [1.54, 1.807) is 29.8 Å². The second-order valence-electron chi connectivity index (χ2n) is 6.14. The van der Waals surface area contributed by atoms with Gasteiger partial charge in [-0.2, -0.15) is 0 Å². The van der Waals surface area contributed by atoms with E-state index in [-0.39, 0.29) is 11.1 Å². The fourth-order valence-electron chi connectivity index (χ4n) is 3.00. The lowest BCUT2D eigenvalue weighted by Crippen LogP contribution is -2.20. The minimum atomic E-state index is -0.914. The van der Waals surface area contributed by atoms with E-state index in [0.717, 1.165) is 17.0 Å². The molecule has 0 saturated heterocycles. The topological polar surface area (TPSA) is 46.9 Å². The van der Waals surface area contributed by atoms with Gasteiger partial charge in [-0.15, -0.1) is 0 Å². The van der Waals surface area contributed by atoms with E-state index in [4.69, 9.17) is 0 Å². The van der Waals surface area contributed by atoms with Crippen LogP contribution in [0.5, 0.6) is 0 Å². The van der Waals surface area contributed by atoms with Crippen LogP contribution in [0.4, 0.5) is 20.3 Å². The number of aromatic nitrogens is 2. The van der Waals surface area contributed by atoms with E-state index in [2.05, 4.69) is 10.3 Å². The number of hydrogen-bond donors (Lipinski definition) is 1. The standard InChI is InChI=1S/C21H15F2N3O/c1-26-18-8-3-2-5-13(18)11-17(21(26)27)25-19-10-9-14(12-24-19)15-6-4-7-16(22)20(15)23/h2-12H,1H3,(H,24,25). The van der Waals surface area contributed by atoms with Crippen LogP contribution in [0.25, 0.3) is 22.0 Å². The predicted molar refractivity (Wildman–Crippen MR) is 102 cm³/mol. The van der Waals surface area contributed by atoms with Crippen LogP contribution in [0.2, 0.25) is 0 Å². The number of nitrogens with one attached hydrogen (secondary N) is 1. The third-order valence-corrected chi connectivity index (χ3v) is 4.42. The Morgan fingerprint density at radius 2 is 1.81 bits per heavy atom. The average Bonchev–Trinajstić information content (AvgIpc) is 2.69. The number of para-hydroxylation sites is 1. The predicted octanol–water partition coefficient (Wildman–Crippen LogP) is 4.62. The van der Waals surface area contributed by atoms with Gasteiger partial charge in [0.05, 0.1) is 5.52 Å². The van der Waals surface area contributed by atoms with Crippen LogP contribution in [-0.4, -0.2) is 9.55 Å². The molecule has 2 aromatic carbocycles. The molecule has 2 aromatic heterocycles. The second kappa shape index (κ2) is 6.64. The third kappa shape index (κ3) is 3.06. The van der Waals surface area contributed by atoms with E-state index in [9.17, 15) is 13.6 Å². The summed E-state index contributed by atoms with van der Waals surface area (Å²) in [6, 6.07) is 16.6. The zero-order valence-corrected chi connectivity index (χ0v) is 14.4. The van der Waals surface area contributed by atoms with E-state index >= 15 is 0 Å². The van der Waals surface area contributed by atoms with Gasteiger partial charge in [-0.1, -0.05) is 30.3 Å². The molecule has 2 heterocycles. The quantitative estimate of drug-likeness (QED) is 0.578. The Kier molecular flexibility index (Phi) is 4.16. The summed E-state index contributed by atoms with van der Waals surface area (Å²) < 4.78 is 28.9. The van der Waals surface area contributed by atoms with Gasteiger partial charge in [0, 0.05) is 29.8 Å². The highest BCUT2D eigenvalue weighted by Crippen LogP contribution is 2.25. The van der Waals surface area contributed by atoms with E-state index in [1.165, 1.54) is 18.3 Å². The van der Waals surface area contributed by atoms with Crippen molar-refractivity contribution in [2.75, 3.05) is 5.32 Å². The van der Waals surface area contributed by atoms with Crippen molar-refractivity contribution in [3.8, 4) is 11.1 Å². The monoisotopic (exact) mass is 363 g/mol. The van der Waals surface area contributed by atoms with Gasteiger partial charge in [0.25, 0.3) is 5.56 Å². The zero-order chi connectivity index (χ0) is 19.0. The number of halogens is 2. The summed E-state index contributed by atoms with van der Waals surface area (Å²) in [4.78, 5) is 16.8. The number of benzene rings is 2. The molecule has 0 aliphatic heterocycles. The van der Waals surface area contributed by atoms with Gasteiger partial charge in [0.15, 0.2) is 11.6 Å². The van der Waals surface area contributed by atoms with Crippen LogP contribution in [0.3, 0.4) is 0 Å². The van der Waals surface area contributed by atoms with Crippen molar-refractivity contribution in [3.05, 3.63) is 88.8 Å². The second-order valence-corrected chi connectivity index (χ2v) is 6.14. The first-order valence-electron chi connectivity index (χ1n) is 8.31. The fourth-order valence-corrected chi connectivity index (χ4v) is 3.00. The highest BCUT2D eigenvalue weighted by atomic mass is 19.2. The summed E-state index contributed by atoms with van der Waals surface area (Å²) in [5.41, 5.74) is 1.61. The largest absolute Gasteiger partial charge is 0.336 e. The van der Waals surface area contributed by atoms with Crippen LogP contribution in [0.1, 0.15) is 0 Å². The molecule has 1 N–H and O–H groups in total. The number of anilines is 2. The molecule has 27 heavy (non-hydrogen) atoms. The highest BCUT2D eigenvalue weighted by molar-refractivity contribution is 5.83. The molecule has 134 valence electrons. The van der Waals surface area contributed by atoms with Crippen LogP contribution in [0.15, 0.2) is 71.7 Å². The van der Waals surface area contributed by atoms with Crippen molar-refractivity contribution >= 4 is 22.4 Å². The van der Waals surface area contributed by atoms with Crippen molar-refractivity contribution in [1.82, 2.24) is 9.55 Å². The number of hydrogen-bond acceptors (Lipinski definition) is 3. The Balaban J connectivity index is 1.68. The van der Waals surface area contributed by atoms with Gasteiger partial charge in [0.2, 0.25) is 0 Å². The molecule has 0 unspecified atom stereocenters. The minimum absolute atomic E-state index is 0.135. The molecule has 0 aliphatic carbocycles. The minimum Gasteiger partial charge on any atom is -0.336 e. The van der Waals surface area contributed by atoms with Crippen LogP contribution in [0, 0.1) is 11.6 Å². The van der Waals surface area contributed by atoms with Crippen molar-refractivity contribution in [1.29, 1.82) is 0 Å². The summed E-state index contributed by atoms with van der Waals surface area (Å²) in [6.07, 6.45) is 1.44. The van der Waals surface area contributed by atoms with Gasteiger partial charge < -0.3 is 9.88 Å². The smallest absolute Gasteiger partial charge is 0.274 e. The van der Waals surface area contributed by atoms with Gasteiger partial charge >= 0.3 is 0 Å². The fraction of sp³-hybridized carbons (Fsp3) is 0.0476. The maximum absolute atomic E-state index is 13.9. The van der Waals surface area contributed by atoms with E-state index in [0.29, 0.717) is 17.1 Å². The number of nitrogens with zero attached hydrogens (tertiary/aromatic N) is 2. The van der Waals surface area contributed by atoms with Crippen molar-refractivity contribution in [3.63, 3.8) is 0 Å². The Bertz CT molecular complexity index is 1200. The first-order chi connectivity index (χ1) is 13.0. The molecule has 4 nitrogen and oxygen atoms in total. The van der Waals surface area contributed by atoms with Crippen molar-refractivity contribution < 1.29 is 8.78 Å². The maximum Gasteiger partial charge on any atom is 0.274 e. The molecular weight excluding hydrogens is 348 g/mol. The molecule has 0 bridgehead atoms. The SMILES string of the molecule is Cn1c(=O)c(Nc2ccc(-c3cccc(F)c3F)cn2)cc2ccccc21. The lowest BCUT2D eigenvalue weighted by molar-refractivity contribution is 0.511. The molecule has 0 radical (unpaired) electrons. The van der Waals surface area contributed by atoms with Crippen molar-refractivity contribution in [2.45, 2.75) is 0 Å². The van der Waals surface area contributed by atoms with Gasteiger partial charge in [-0.3, -0.25) is 4.79 Å². The first kappa shape index (κ1) is 16.9. The Labute approximate surface area is 153 Å². The van der Waals surface area contributed by atoms with Gasteiger partial charge in [0.1, 0.15) is 11.5 Å². The molecule has 0 atom stereocenters. The summed E-state index contributed by atoms with van der Waals surface area (Å²) in [5, 5.41) is 3.91. The molecule has 4 rings (SSSR count). The third-order valence-electron chi connectivity index (χ3n) is 4.42. The molecule has 6 heteroatoms. The Hall–Kier alpha value is -3.54. The summed E-state index contributed by atoms with van der Waals surface area (Å²) in [5.74, 6) is -1.39. The van der Waals surface area contributed by atoms with Gasteiger partial charge in [-0.25, -0.2) is 13.8 Å². The maximum atomic E-state index is 13.9. The average molecular weight is 363 g/mol. The molecule has 0 fully saturated rings. The Morgan fingerprint density at radius 1 is 1.00 bits per heavy atom. The summed E-state index contributed by atoms with van der Waals surface area (Å²) in [7, 11) is 1.71. The van der Waals surface area contributed by atoms with E-state index in [1.807, 2.05) is 24.3 Å². The molecule has 4 aromatic rings. The van der Waals surface area contributed by atoms with Crippen LogP contribution in [-0.2, 0) is 7.05 Å². The molecule has 0 aliphatic rings. The van der Waals surface area contributed by atoms with Crippen LogP contribution < -0.4 is 10.9 Å². The molecular formula is C21H15F2N3O. The summed E-state index contributed by atoms with van der Waals surface area (Å²) >= 11 is 0. The van der Waals surface area contributed by atoms with Crippen molar-refractivity contribution in [2.24, 2.45) is 7.05 Å². The lowest BCUT2D eigenvalue weighted by Gasteiger charge is -2.11. The number of pyridine rings is 2. The van der Waals surface area contributed by atoms with E-state index < -0.39 is 11.6 Å². The number of fused-ring (bicyclic) bond motifs is 1. The molecule has 0 saturated carbocycles.